The zero-order chi connectivity index (χ0) is 14.0. The van der Waals surface area contributed by atoms with Crippen LogP contribution in [0.15, 0.2) is 18.2 Å². The molecule has 0 bridgehead atoms. The van der Waals surface area contributed by atoms with Crippen molar-refractivity contribution in [3.63, 3.8) is 0 Å². The van der Waals surface area contributed by atoms with Crippen LogP contribution < -0.4 is 5.73 Å². The van der Waals surface area contributed by atoms with E-state index in [2.05, 4.69) is 0 Å². The fraction of sp³-hybridized carbons (Fsp3) is 0.571. The fourth-order valence-electron chi connectivity index (χ4n) is 2.51. The van der Waals surface area contributed by atoms with Gasteiger partial charge in [-0.1, -0.05) is 6.07 Å². The molecule has 2 unspecified atom stereocenters. The van der Waals surface area contributed by atoms with E-state index >= 15 is 0 Å². The molecule has 1 fully saturated rings. The Bertz CT molecular complexity index is 439. The Hall–Kier alpha value is -1.07. The van der Waals surface area contributed by atoms with E-state index < -0.39 is 11.7 Å². The van der Waals surface area contributed by atoms with Gasteiger partial charge in [0.1, 0.15) is 0 Å². The summed E-state index contributed by atoms with van der Waals surface area (Å²) in [5.41, 5.74) is 6.80. The number of halogens is 3. The van der Waals surface area contributed by atoms with Crippen molar-refractivity contribution in [3.05, 3.63) is 34.9 Å². The molecule has 1 heterocycles. The van der Waals surface area contributed by atoms with Crippen molar-refractivity contribution >= 4 is 0 Å². The summed E-state index contributed by atoms with van der Waals surface area (Å²) < 4.78 is 43.2. The fourth-order valence-corrected chi connectivity index (χ4v) is 2.51. The first-order valence-electron chi connectivity index (χ1n) is 6.43. The minimum absolute atomic E-state index is 0.136. The Morgan fingerprint density at radius 2 is 2.16 bits per heavy atom. The Kier molecular flexibility index (Phi) is 4.16. The maximum atomic E-state index is 12.6. The summed E-state index contributed by atoms with van der Waals surface area (Å²) in [5, 5.41) is 0. The molecule has 0 aliphatic carbocycles. The van der Waals surface area contributed by atoms with Gasteiger partial charge in [-0.25, -0.2) is 0 Å². The second-order valence-corrected chi connectivity index (χ2v) is 5.05. The van der Waals surface area contributed by atoms with Crippen molar-refractivity contribution in [2.24, 2.45) is 5.73 Å². The van der Waals surface area contributed by atoms with Crippen LogP contribution in [0.1, 0.15) is 42.0 Å². The van der Waals surface area contributed by atoms with Gasteiger partial charge in [0.2, 0.25) is 0 Å². The van der Waals surface area contributed by atoms with Crippen LogP contribution in [0.25, 0.3) is 0 Å². The van der Waals surface area contributed by atoms with Crippen LogP contribution in [0, 0.1) is 6.92 Å². The number of rotatable bonds is 3. The van der Waals surface area contributed by atoms with Gasteiger partial charge in [-0.15, -0.1) is 0 Å². The quantitative estimate of drug-likeness (QED) is 0.913. The number of hydrogen-bond donors (Lipinski definition) is 1. The second kappa shape index (κ2) is 5.51. The Morgan fingerprint density at radius 1 is 1.42 bits per heavy atom. The Morgan fingerprint density at radius 3 is 2.68 bits per heavy atom. The predicted octanol–water partition coefficient (Wildman–Crippen LogP) is 3.58. The first-order valence-corrected chi connectivity index (χ1v) is 6.43. The van der Waals surface area contributed by atoms with E-state index in [1.165, 1.54) is 6.07 Å². The number of benzene rings is 1. The molecule has 0 saturated carbocycles. The molecule has 1 aromatic carbocycles. The number of alkyl halides is 3. The van der Waals surface area contributed by atoms with Gasteiger partial charge < -0.3 is 10.5 Å². The predicted molar refractivity (Wildman–Crippen MR) is 66.7 cm³/mol. The van der Waals surface area contributed by atoms with E-state index in [1.807, 2.05) is 0 Å². The normalized spacial score (nSPS) is 21.6. The molecule has 1 saturated heterocycles. The standard InChI is InChI=1S/C14H18F3NO/c1-9-7-10(14(15,16)17)4-5-12(9)13(18)8-11-3-2-6-19-11/h4-5,7,11,13H,2-3,6,8,18H2,1H3. The molecule has 19 heavy (non-hydrogen) atoms. The molecule has 0 amide bonds. The lowest BCUT2D eigenvalue weighted by molar-refractivity contribution is -0.137. The number of ether oxygens (including phenoxy) is 1. The van der Waals surface area contributed by atoms with Crippen LogP contribution in [-0.4, -0.2) is 12.7 Å². The molecule has 2 N–H and O–H groups in total. The summed E-state index contributed by atoms with van der Waals surface area (Å²) in [6.07, 6.45) is -1.50. The van der Waals surface area contributed by atoms with E-state index in [4.69, 9.17) is 10.5 Å². The van der Waals surface area contributed by atoms with Crippen molar-refractivity contribution in [2.75, 3.05) is 6.61 Å². The highest BCUT2D eigenvalue weighted by atomic mass is 19.4. The molecular weight excluding hydrogens is 255 g/mol. The summed E-state index contributed by atoms with van der Waals surface area (Å²) in [5.74, 6) is 0. The molecule has 2 rings (SSSR count). The van der Waals surface area contributed by atoms with E-state index in [0.29, 0.717) is 12.0 Å². The summed E-state index contributed by atoms with van der Waals surface area (Å²) in [6, 6.07) is 3.46. The average Bonchev–Trinajstić information content (AvgIpc) is 2.80. The van der Waals surface area contributed by atoms with Crippen LogP contribution in [0.3, 0.4) is 0 Å². The van der Waals surface area contributed by atoms with Gasteiger partial charge in [0.15, 0.2) is 0 Å². The number of aryl methyl sites for hydroxylation is 1. The van der Waals surface area contributed by atoms with Crippen molar-refractivity contribution in [1.82, 2.24) is 0 Å². The zero-order valence-electron chi connectivity index (χ0n) is 10.8. The Labute approximate surface area is 110 Å². The molecule has 0 radical (unpaired) electrons. The first kappa shape index (κ1) is 14.3. The molecule has 2 atom stereocenters. The largest absolute Gasteiger partial charge is 0.416 e. The van der Waals surface area contributed by atoms with Crippen LogP contribution >= 0.6 is 0 Å². The number of nitrogens with two attached hydrogens (primary N) is 1. The highest BCUT2D eigenvalue weighted by Crippen LogP contribution is 2.32. The topological polar surface area (TPSA) is 35.2 Å². The average molecular weight is 273 g/mol. The summed E-state index contributed by atoms with van der Waals surface area (Å²) in [7, 11) is 0. The van der Waals surface area contributed by atoms with Crippen LogP contribution in [0.2, 0.25) is 0 Å². The molecule has 1 aliphatic heterocycles. The lowest BCUT2D eigenvalue weighted by Crippen LogP contribution is -2.19. The maximum Gasteiger partial charge on any atom is 0.416 e. The molecule has 0 aromatic heterocycles. The lowest BCUT2D eigenvalue weighted by Gasteiger charge is -2.19. The zero-order valence-corrected chi connectivity index (χ0v) is 10.8. The molecule has 1 aromatic rings. The summed E-state index contributed by atoms with van der Waals surface area (Å²) in [6.45, 7) is 2.42. The van der Waals surface area contributed by atoms with Crippen LogP contribution in [0.4, 0.5) is 13.2 Å². The molecule has 0 spiro atoms. The molecular formula is C14H18F3NO. The minimum Gasteiger partial charge on any atom is -0.378 e. The van der Waals surface area contributed by atoms with Crippen LogP contribution in [-0.2, 0) is 10.9 Å². The molecule has 5 heteroatoms. The van der Waals surface area contributed by atoms with Gasteiger partial charge >= 0.3 is 6.18 Å². The van der Waals surface area contributed by atoms with Crippen molar-refractivity contribution < 1.29 is 17.9 Å². The van der Waals surface area contributed by atoms with E-state index in [0.717, 1.165) is 37.1 Å². The van der Waals surface area contributed by atoms with Gasteiger partial charge in [0.05, 0.1) is 11.7 Å². The third-order valence-electron chi connectivity index (χ3n) is 3.54. The van der Waals surface area contributed by atoms with Gasteiger partial charge in [-0.2, -0.15) is 13.2 Å². The summed E-state index contributed by atoms with van der Waals surface area (Å²) >= 11 is 0. The van der Waals surface area contributed by atoms with Crippen LogP contribution in [0.5, 0.6) is 0 Å². The number of hydrogen-bond acceptors (Lipinski definition) is 2. The lowest BCUT2D eigenvalue weighted by atomic mass is 9.95. The molecule has 106 valence electrons. The second-order valence-electron chi connectivity index (χ2n) is 5.05. The van der Waals surface area contributed by atoms with E-state index in [-0.39, 0.29) is 12.1 Å². The van der Waals surface area contributed by atoms with Gasteiger partial charge in [-0.05, 0) is 49.4 Å². The highest BCUT2D eigenvalue weighted by Gasteiger charge is 2.31. The monoisotopic (exact) mass is 273 g/mol. The van der Waals surface area contributed by atoms with Gasteiger partial charge in [0.25, 0.3) is 0 Å². The third-order valence-corrected chi connectivity index (χ3v) is 3.54. The maximum absolute atomic E-state index is 12.6. The smallest absolute Gasteiger partial charge is 0.378 e. The van der Waals surface area contributed by atoms with Crippen molar-refractivity contribution in [2.45, 2.75) is 44.5 Å². The van der Waals surface area contributed by atoms with E-state index in [9.17, 15) is 13.2 Å². The van der Waals surface area contributed by atoms with Gasteiger partial charge in [-0.3, -0.25) is 0 Å². The summed E-state index contributed by atoms with van der Waals surface area (Å²) in [4.78, 5) is 0. The van der Waals surface area contributed by atoms with E-state index in [1.54, 1.807) is 6.92 Å². The molecule has 2 nitrogen and oxygen atoms in total. The van der Waals surface area contributed by atoms with Crippen molar-refractivity contribution in [3.8, 4) is 0 Å². The first-order chi connectivity index (χ1) is 8.88. The molecule has 1 aliphatic rings. The van der Waals surface area contributed by atoms with Crippen molar-refractivity contribution in [1.29, 1.82) is 0 Å². The van der Waals surface area contributed by atoms with Gasteiger partial charge in [0, 0.05) is 12.6 Å². The third kappa shape index (κ3) is 3.48. The highest BCUT2D eigenvalue weighted by molar-refractivity contribution is 5.34. The Balaban J connectivity index is 2.11. The SMILES string of the molecule is Cc1cc(C(F)(F)F)ccc1C(N)CC1CCCO1. The minimum atomic E-state index is -4.30.